The molecule has 0 bridgehead atoms. The van der Waals surface area contributed by atoms with Crippen molar-refractivity contribution in [2.45, 2.75) is 20.0 Å². The molecule has 1 heterocycles. The maximum atomic E-state index is 12.4. The molecule has 0 fully saturated rings. The second-order valence-electron chi connectivity index (χ2n) is 4.16. The number of aryl methyl sites for hydroxylation is 2. The summed E-state index contributed by atoms with van der Waals surface area (Å²) in [5.74, 6) is -0.516. The highest BCUT2D eigenvalue weighted by molar-refractivity contribution is 7.15. The van der Waals surface area contributed by atoms with Crippen molar-refractivity contribution < 1.29 is 18.0 Å². The number of carbonyl (C=O) groups excluding carboxylic acids is 1. The van der Waals surface area contributed by atoms with Gasteiger partial charge in [-0.25, -0.2) is 0 Å². The van der Waals surface area contributed by atoms with E-state index < -0.39 is 17.1 Å². The van der Waals surface area contributed by atoms with Crippen LogP contribution in [0.3, 0.4) is 0 Å². The molecule has 106 valence electrons. The predicted molar refractivity (Wildman–Crippen MR) is 68.8 cm³/mol. The Balaban J connectivity index is 2.15. The minimum Gasteiger partial charge on any atom is -0.296 e. The third kappa shape index (κ3) is 3.13. The molecule has 0 atom stereocenters. The fraction of sp³-hybridized carbons (Fsp3) is 0.250. The lowest BCUT2D eigenvalue weighted by Crippen LogP contribution is -2.12. The Morgan fingerprint density at radius 1 is 1.20 bits per heavy atom. The van der Waals surface area contributed by atoms with Crippen LogP contribution in [0.1, 0.15) is 26.5 Å². The average molecular weight is 301 g/mol. The van der Waals surface area contributed by atoms with E-state index in [2.05, 4.69) is 15.5 Å². The number of rotatable bonds is 2. The first-order valence-corrected chi connectivity index (χ1v) is 6.38. The van der Waals surface area contributed by atoms with Crippen molar-refractivity contribution >= 4 is 22.4 Å². The van der Waals surface area contributed by atoms with E-state index in [4.69, 9.17) is 0 Å². The average Bonchev–Trinajstić information content (AvgIpc) is 2.81. The molecule has 0 unspecified atom stereocenters. The normalized spacial score (nSPS) is 11.4. The number of nitrogens with one attached hydrogen (secondary N) is 1. The van der Waals surface area contributed by atoms with Crippen molar-refractivity contribution in [3.8, 4) is 0 Å². The van der Waals surface area contributed by atoms with Gasteiger partial charge in [-0.05, 0) is 37.1 Å². The molecule has 4 nitrogen and oxygen atoms in total. The molecule has 2 rings (SSSR count). The maximum absolute atomic E-state index is 12.4. The molecule has 0 saturated carbocycles. The van der Waals surface area contributed by atoms with Gasteiger partial charge in [-0.2, -0.15) is 13.2 Å². The largest absolute Gasteiger partial charge is 0.445 e. The van der Waals surface area contributed by atoms with Gasteiger partial charge in [0.1, 0.15) is 0 Å². The number of carbonyl (C=O) groups is 1. The third-order valence-electron chi connectivity index (χ3n) is 2.66. The van der Waals surface area contributed by atoms with Gasteiger partial charge in [0.15, 0.2) is 0 Å². The molecule has 0 aliphatic rings. The highest BCUT2D eigenvalue weighted by atomic mass is 32.1. The van der Waals surface area contributed by atoms with Crippen LogP contribution in [-0.4, -0.2) is 16.1 Å². The molecule has 1 amide bonds. The van der Waals surface area contributed by atoms with Crippen molar-refractivity contribution in [3.05, 3.63) is 39.9 Å². The van der Waals surface area contributed by atoms with E-state index in [1.165, 1.54) is 0 Å². The zero-order valence-electron chi connectivity index (χ0n) is 10.6. The Kier molecular flexibility index (Phi) is 3.76. The molecule has 0 spiro atoms. The zero-order valence-corrected chi connectivity index (χ0v) is 11.4. The lowest BCUT2D eigenvalue weighted by atomic mass is 10.1. The van der Waals surface area contributed by atoms with Gasteiger partial charge in [-0.1, -0.05) is 17.4 Å². The van der Waals surface area contributed by atoms with Gasteiger partial charge < -0.3 is 0 Å². The summed E-state index contributed by atoms with van der Waals surface area (Å²) in [6.07, 6.45) is -4.55. The molecular formula is C12H10F3N3OS. The molecule has 1 N–H and O–H groups in total. The smallest absolute Gasteiger partial charge is 0.296 e. The summed E-state index contributed by atoms with van der Waals surface area (Å²) in [5.41, 5.74) is 2.31. The van der Waals surface area contributed by atoms with Crippen LogP contribution in [0.25, 0.3) is 0 Å². The van der Waals surface area contributed by atoms with Gasteiger partial charge in [0.2, 0.25) is 10.1 Å². The predicted octanol–water partition coefficient (Wildman–Crippen LogP) is 3.43. The standard InChI is InChI=1S/C12H10F3N3OS/c1-6-3-4-8(5-7(6)2)9(19)16-11-18-17-10(20-11)12(13,14)15/h3-5H,1-2H3,(H,16,18,19). The van der Waals surface area contributed by atoms with E-state index in [0.717, 1.165) is 11.1 Å². The molecule has 0 aliphatic heterocycles. The monoisotopic (exact) mass is 301 g/mol. The third-order valence-corrected chi connectivity index (χ3v) is 3.54. The Morgan fingerprint density at radius 2 is 1.90 bits per heavy atom. The number of halogens is 3. The van der Waals surface area contributed by atoms with Crippen LogP contribution in [0.15, 0.2) is 18.2 Å². The molecular weight excluding hydrogens is 291 g/mol. The zero-order chi connectivity index (χ0) is 14.9. The maximum Gasteiger partial charge on any atom is 0.445 e. The molecule has 8 heteroatoms. The molecule has 0 radical (unpaired) electrons. The summed E-state index contributed by atoms with van der Waals surface area (Å²) in [6.45, 7) is 3.75. The van der Waals surface area contributed by atoms with Gasteiger partial charge in [0.05, 0.1) is 0 Å². The highest BCUT2D eigenvalue weighted by Gasteiger charge is 2.35. The second kappa shape index (κ2) is 5.20. The quantitative estimate of drug-likeness (QED) is 0.924. The minimum absolute atomic E-state index is 0.180. The lowest BCUT2D eigenvalue weighted by molar-refractivity contribution is -0.138. The number of alkyl halides is 3. The van der Waals surface area contributed by atoms with Crippen LogP contribution in [0.2, 0.25) is 0 Å². The first-order chi connectivity index (χ1) is 9.27. The van der Waals surface area contributed by atoms with Crippen molar-refractivity contribution in [1.82, 2.24) is 10.2 Å². The van der Waals surface area contributed by atoms with E-state index in [0.29, 0.717) is 16.9 Å². The van der Waals surface area contributed by atoms with Crippen LogP contribution in [0.5, 0.6) is 0 Å². The number of hydrogen-bond donors (Lipinski definition) is 1. The van der Waals surface area contributed by atoms with Crippen molar-refractivity contribution in [3.63, 3.8) is 0 Å². The molecule has 0 saturated heterocycles. The van der Waals surface area contributed by atoms with Crippen LogP contribution >= 0.6 is 11.3 Å². The van der Waals surface area contributed by atoms with Crippen molar-refractivity contribution in [2.75, 3.05) is 5.32 Å². The Bertz CT molecular complexity index is 652. The van der Waals surface area contributed by atoms with E-state index in [9.17, 15) is 18.0 Å². The van der Waals surface area contributed by atoms with Gasteiger partial charge in [-0.15, -0.1) is 10.2 Å². The molecule has 1 aromatic heterocycles. The van der Waals surface area contributed by atoms with E-state index in [1.807, 2.05) is 13.8 Å². The number of nitrogens with zero attached hydrogens (tertiary/aromatic N) is 2. The van der Waals surface area contributed by atoms with E-state index in [1.54, 1.807) is 18.2 Å². The molecule has 20 heavy (non-hydrogen) atoms. The number of anilines is 1. The Morgan fingerprint density at radius 3 is 2.45 bits per heavy atom. The SMILES string of the molecule is Cc1ccc(C(=O)Nc2nnc(C(F)(F)F)s2)cc1C. The Labute approximate surface area is 116 Å². The fourth-order valence-electron chi connectivity index (χ4n) is 1.44. The number of amides is 1. The summed E-state index contributed by atoms with van der Waals surface area (Å²) < 4.78 is 37.1. The summed E-state index contributed by atoms with van der Waals surface area (Å²) in [5, 5.41) is 7.33. The number of hydrogen-bond acceptors (Lipinski definition) is 4. The summed E-state index contributed by atoms with van der Waals surface area (Å²) in [7, 11) is 0. The highest BCUT2D eigenvalue weighted by Crippen LogP contribution is 2.33. The van der Waals surface area contributed by atoms with Gasteiger partial charge in [-0.3, -0.25) is 10.1 Å². The van der Waals surface area contributed by atoms with Gasteiger partial charge in [0, 0.05) is 5.56 Å². The summed E-state index contributed by atoms with van der Waals surface area (Å²) in [6, 6.07) is 5.03. The fourth-order valence-corrected chi connectivity index (χ4v) is 2.05. The van der Waals surface area contributed by atoms with Gasteiger partial charge in [0.25, 0.3) is 5.91 Å². The molecule has 0 aliphatic carbocycles. The van der Waals surface area contributed by atoms with Crippen LogP contribution in [0.4, 0.5) is 18.3 Å². The lowest BCUT2D eigenvalue weighted by Gasteiger charge is -2.04. The van der Waals surface area contributed by atoms with Gasteiger partial charge >= 0.3 is 6.18 Å². The number of aromatic nitrogens is 2. The molecule has 1 aromatic carbocycles. The second-order valence-corrected chi connectivity index (χ2v) is 5.14. The summed E-state index contributed by atoms with van der Waals surface area (Å²) in [4.78, 5) is 11.9. The van der Waals surface area contributed by atoms with E-state index in [-0.39, 0.29) is 5.13 Å². The number of benzene rings is 1. The first kappa shape index (κ1) is 14.4. The molecule has 2 aromatic rings. The topological polar surface area (TPSA) is 54.9 Å². The Hall–Kier alpha value is -1.96. The summed E-state index contributed by atoms with van der Waals surface area (Å²) >= 11 is 0.291. The first-order valence-electron chi connectivity index (χ1n) is 5.56. The van der Waals surface area contributed by atoms with E-state index >= 15 is 0 Å². The van der Waals surface area contributed by atoms with Crippen LogP contribution in [0, 0.1) is 13.8 Å². The van der Waals surface area contributed by atoms with Crippen LogP contribution in [-0.2, 0) is 6.18 Å². The van der Waals surface area contributed by atoms with Crippen molar-refractivity contribution in [2.24, 2.45) is 0 Å². The minimum atomic E-state index is -4.55. The van der Waals surface area contributed by atoms with Crippen LogP contribution < -0.4 is 5.32 Å². The van der Waals surface area contributed by atoms with Crippen molar-refractivity contribution in [1.29, 1.82) is 0 Å².